The fourth-order valence-electron chi connectivity index (χ4n) is 2.07. The maximum Gasteiger partial charge on any atom is 0.223 e. The van der Waals surface area contributed by atoms with Gasteiger partial charge in [0.05, 0.1) is 0 Å². The van der Waals surface area contributed by atoms with E-state index in [-0.39, 0.29) is 18.7 Å². The number of primary amides is 1. The maximum absolute atomic E-state index is 11.9. The molecule has 2 N–H and O–H groups in total. The van der Waals surface area contributed by atoms with E-state index in [1.807, 2.05) is 54.6 Å². The summed E-state index contributed by atoms with van der Waals surface area (Å²) < 4.78 is 5.72. The Morgan fingerprint density at radius 3 is 2.17 bits per heavy atom. The fourth-order valence-corrected chi connectivity index (χ4v) is 2.07. The summed E-state index contributed by atoms with van der Waals surface area (Å²) in [5.41, 5.74) is 6.04. The van der Waals surface area contributed by atoms with Gasteiger partial charge in [-0.05, 0) is 29.8 Å². The monoisotopic (exact) mass is 312 g/mol. The highest BCUT2D eigenvalue weighted by atomic mass is 16.5. The Labute approximate surface area is 135 Å². The second kappa shape index (κ2) is 7.98. The van der Waals surface area contributed by atoms with E-state index in [1.165, 1.54) is 0 Å². The first-order valence-electron chi connectivity index (χ1n) is 7.38. The number of nitrogens with zero attached hydrogens (tertiary/aromatic N) is 1. The number of para-hydroxylation sites is 1. The van der Waals surface area contributed by atoms with Gasteiger partial charge in [-0.15, -0.1) is 0 Å². The number of benzene rings is 2. The Bertz CT molecular complexity index is 654. The molecule has 0 spiro atoms. The molecule has 0 aliphatic heterocycles. The molecule has 0 saturated heterocycles. The van der Waals surface area contributed by atoms with E-state index in [2.05, 4.69) is 0 Å². The van der Waals surface area contributed by atoms with E-state index < -0.39 is 5.91 Å². The standard InChI is InChI=1S/C18H20N2O3/c1-20(18(22)12-11-17(19)21)13-14-7-9-16(10-8-14)23-15-5-3-2-4-6-15/h2-10H,11-13H2,1H3,(H2,19,21). The minimum Gasteiger partial charge on any atom is -0.457 e. The molecule has 120 valence electrons. The summed E-state index contributed by atoms with van der Waals surface area (Å²) >= 11 is 0. The van der Waals surface area contributed by atoms with Crippen LogP contribution >= 0.6 is 0 Å². The Morgan fingerprint density at radius 1 is 0.957 bits per heavy atom. The summed E-state index contributed by atoms with van der Waals surface area (Å²) in [6.45, 7) is 0.475. The van der Waals surface area contributed by atoms with Crippen molar-refractivity contribution in [2.24, 2.45) is 5.73 Å². The molecule has 0 fully saturated rings. The van der Waals surface area contributed by atoms with E-state index >= 15 is 0 Å². The average molecular weight is 312 g/mol. The number of carbonyl (C=O) groups is 2. The van der Waals surface area contributed by atoms with Crippen LogP contribution in [0, 0.1) is 0 Å². The van der Waals surface area contributed by atoms with E-state index in [1.54, 1.807) is 11.9 Å². The minimum atomic E-state index is -0.464. The summed E-state index contributed by atoms with van der Waals surface area (Å²) in [6, 6.07) is 17.1. The van der Waals surface area contributed by atoms with Crippen LogP contribution in [0.1, 0.15) is 18.4 Å². The lowest BCUT2D eigenvalue weighted by molar-refractivity contribution is -0.132. The molecule has 5 heteroatoms. The zero-order chi connectivity index (χ0) is 16.7. The number of rotatable bonds is 7. The van der Waals surface area contributed by atoms with Crippen molar-refractivity contribution in [2.75, 3.05) is 7.05 Å². The third kappa shape index (κ3) is 5.47. The van der Waals surface area contributed by atoms with Crippen LogP contribution in [-0.4, -0.2) is 23.8 Å². The normalized spacial score (nSPS) is 10.1. The van der Waals surface area contributed by atoms with E-state index in [4.69, 9.17) is 10.5 Å². The summed E-state index contributed by atoms with van der Waals surface area (Å²) in [5.74, 6) is 0.948. The lowest BCUT2D eigenvalue weighted by Crippen LogP contribution is -2.27. The Kier molecular flexibility index (Phi) is 5.74. The number of hydrogen-bond donors (Lipinski definition) is 1. The zero-order valence-corrected chi connectivity index (χ0v) is 13.1. The molecule has 2 amide bonds. The molecule has 2 aromatic carbocycles. The molecule has 0 heterocycles. The molecule has 0 saturated carbocycles. The Morgan fingerprint density at radius 2 is 1.57 bits per heavy atom. The molecule has 0 atom stereocenters. The smallest absolute Gasteiger partial charge is 0.223 e. The molecule has 0 aliphatic carbocycles. The number of nitrogens with two attached hydrogens (primary N) is 1. The average Bonchev–Trinajstić information content (AvgIpc) is 2.55. The highest BCUT2D eigenvalue weighted by Gasteiger charge is 2.10. The Hall–Kier alpha value is -2.82. The second-order valence-electron chi connectivity index (χ2n) is 5.28. The van der Waals surface area contributed by atoms with Crippen LogP contribution in [0.2, 0.25) is 0 Å². The highest BCUT2D eigenvalue weighted by molar-refractivity contribution is 5.82. The van der Waals surface area contributed by atoms with Crippen molar-refractivity contribution >= 4 is 11.8 Å². The van der Waals surface area contributed by atoms with E-state index in [0.717, 1.165) is 17.1 Å². The molecular formula is C18H20N2O3. The van der Waals surface area contributed by atoms with Crippen molar-refractivity contribution in [1.82, 2.24) is 4.90 Å². The van der Waals surface area contributed by atoms with Gasteiger partial charge in [-0.25, -0.2) is 0 Å². The molecule has 23 heavy (non-hydrogen) atoms. The fraction of sp³-hybridized carbons (Fsp3) is 0.222. The summed E-state index contributed by atoms with van der Waals surface area (Å²) in [4.78, 5) is 24.1. The van der Waals surface area contributed by atoms with Crippen molar-refractivity contribution in [1.29, 1.82) is 0 Å². The number of hydrogen-bond acceptors (Lipinski definition) is 3. The third-order valence-electron chi connectivity index (χ3n) is 3.33. The van der Waals surface area contributed by atoms with Crippen LogP contribution in [-0.2, 0) is 16.1 Å². The number of amides is 2. The summed E-state index contributed by atoms with van der Waals surface area (Å²) in [7, 11) is 1.71. The number of carbonyl (C=O) groups excluding carboxylic acids is 2. The lowest BCUT2D eigenvalue weighted by Gasteiger charge is -2.17. The quantitative estimate of drug-likeness (QED) is 0.854. The molecule has 0 aromatic heterocycles. The van der Waals surface area contributed by atoms with E-state index in [9.17, 15) is 9.59 Å². The van der Waals surface area contributed by atoms with Crippen LogP contribution in [0.25, 0.3) is 0 Å². The van der Waals surface area contributed by atoms with Crippen LogP contribution in [0.5, 0.6) is 11.5 Å². The van der Waals surface area contributed by atoms with Crippen molar-refractivity contribution in [2.45, 2.75) is 19.4 Å². The second-order valence-corrected chi connectivity index (χ2v) is 5.28. The summed E-state index contributed by atoms with van der Waals surface area (Å²) in [6.07, 6.45) is 0.216. The van der Waals surface area contributed by atoms with Crippen molar-refractivity contribution in [3.05, 3.63) is 60.2 Å². The van der Waals surface area contributed by atoms with Crippen LogP contribution in [0.15, 0.2) is 54.6 Å². The third-order valence-corrected chi connectivity index (χ3v) is 3.33. The van der Waals surface area contributed by atoms with Gasteiger partial charge >= 0.3 is 0 Å². The van der Waals surface area contributed by atoms with Gasteiger partial charge in [0.1, 0.15) is 11.5 Å². The molecule has 0 unspecified atom stereocenters. The predicted octanol–water partition coefficient (Wildman–Crippen LogP) is 2.70. The molecule has 2 aromatic rings. The molecule has 0 bridgehead atoms. The van der Waals surface area contributed by atoms with E-state index in [0.29, 0.717) is 6.54 Å². The maximum atomic E-state index is 11.9. The van der Waals surface area contributed by atoms with Gasteiger partial charge in [0.25, 0.3) is 0 Å². The molecule has 0 radical (unpaired) electrons. The first kappa shape index (κ1) is 16.5. The van der Waals surface area contributed by atoms with Gasteiger partial charge in [-0.3, -0.25) is 9.59 Å². The van der Waals surface area contributed by atoms with Crippen LogP contribution in [0.4, 0.5) is 0 Å². The molecule has 0 aliphatic rings. The zero-order valence-electron chi connectivity index (χ0n) is 13.1. The van der Waals surface area contributed by atoms with Gasteiger partial charge in [0.15, 0.2) is 0 Å². The van der Waals surface area contributed by atoms with Gasteiger partial charge in [0, 0.05) is 26.4 Å². The summed E-state index contributed by atoms with van der Waals surface area (Å²) in [5, 5.41) is 0. The minimum absolute atomic E-state index is 0.0764. The first-order chi connectivity index (χ1) is 11.0. The van der Waals surface area contributed by atoms with Crippen LogP contribution in [0.3, 0.4) is 0 Å². The molecule has 2 rings (SSSR count). The Balaban J connectivity index is 1.89. The van der Waals surface area contributed by atoms with Gasteiger partial charge in [0.2, 0.25) is 11.8 Å². The number of ether oxygens (including phenoxy) is 1. The SMILES string of the molecule is CN(Cc1ccc(Oc2ccccc2)cc1)C(=O)CCC(N)=O. The van der Waals surface area contributed by atoms with Gasteiger partial charge < -0.3 is 15.4 Å². The van der Waals surface area contributed by atoms with Gasteiger partial charge in [-0.1, -0.05) is 30.3 Å². The first-order valence-corrected chi connectivity index (χ1v) is 7.38. The topological polar surface area (TPSA) is 72.6 Å². The van der Waals surface area contributed by atoms with Crippen molar-refractivity contribution < 1.29 is 14.3 Å². The van der Waals surface area contributed by atoms with Gasteiger partial charge in [-0.2, -0.15) is 0 Å². The molecule has 5 nitrogen and oxygen atoms in total. The highest BCUT2D eigenvalue weighted by Crippen LogP contribution is 2.21. The van der Waals surface area contributed by atoms with Crippen molar-refractivity contribution in [3.63, 3.8) is 0 Å². The predicted molar refractivity (Wildman–Crippen MR) is 87.9 cm³/mol. The lowest BCUT2D eigenvalue weighted by atomic mass is 10.2. The largest absolute Gasteiger partial charge is 0.457 e. The van der Waals surface area contributed by atoms with Crippen molar-refractivity contribution in [3.8, 4) is 11.5 Å². The van der Waals surface area contributed by atoms with Crippen LogP contribution < -0.4 is 10.5 Å². The molecular weight excluding hydrogens is 292 g/mol.